The molecule has 2 unspecified atom stereocenters. The standard InChI is InChI=1S/C13H19N3O/c1-16-6-5-12(15-16)13(17)9-7-10-3-2-4-11(8-9)14-10/h5-6,9-11,14H,2-4,7-8H2,1H3. The lowest BCUT2D eigenvalue weighted by atomic mass is 9.78. The highest BCUT2D eigenvalue weighted by Gasteiger charge is 2.35. The van der Waals surface area contributed by atoms with E-state index in [9.17, 15) is 4.79 Å². The highest BCUT2D eigenvalue weighted by molar-refractivity contribution is 5.96. The number of ketones is 1. The zero-order chi connectivity index (χ0) is 11.8. The van der Waals surface area contributed by atoms with E-state index in [2.05, 4.69) is 10.4 Å². The van der Waals surface area contributed by atoms with Crippen LogP contribution in [0.2, 0.25) is 0 Å². The summed E-state index contributed by atoms with van der Waals surface area (Å²) in [5.41, 5.74) is 0.637. The maximum Gasteiger partial charge on any atom is 0.186 e. The first-order chi connectivity index (χ1) is 8.22. The van der Waals surface area contributed by atoms with E-state index in [1.807, 2.05) is 19.3 Å². The first-order valence-electron chi connectivity index (χ1n) is 6.52. The van der Waals surface area contributed by atoms with Crippen molar-refractivity contribution < 1.29 is 4.79 Å². The molecule has 92 valence electrons. The molecule has 2 aliphatic rings. The number of hydrogen-bond donors (Lipinski definition) is 1. The van der Waals surface area contributed by atoms with Crippen LogP contribution in [0.5, 0.6) is 0 Å². The van der Waals surface area contributed by atoms with Gasteiger partial charge in [-0.05, 0) is 31.7 Å². The molecule has 0 aromatic carbocycles. The van der Waals surface area contributed by atoms with Gasteiger partial charge in [0.2, 0.25) is 0 Å². The summed E-state index contributed by atoms with van der Waals surface area (Å²) in [6, 6.07) is 2.94. The smallest absolute Gasteiger partial charge is 0.186 e. The first kappa shape index (κ1) is 11.0. The Morgan fingerprint density at radius 1 is 1.41 bits per heavy atom. The van der Waals surface area contributed by atoms with Gasteiger partial charge in [-0.25, -0.2) is 0 Å². The fourth-order valence-electron chi connectivity index (χ4n) is 3.24. The van der Waals surface area contributed by atoms with Crippen LogP contribution in [-0.2, 0) is 7.05 Å². The minimum absolute atomic E-state index is 0.182. The molecule has 1 N–H and O–H groups in total. The third kappa shape index (κ3) is 2.14. The Kier molecular flexibility index (Phi) is 2.74. The molecule has 4 heteroatoms. The molecule has 0 spiro atoms. The molecule has 2 saturated heterocycles. The summed E-state index contributed by atoms with van der Waals surface area (Å²) in [5, 5.41) is 7.84. The topological polar surface area (TPSA) is 46.9 Å². The molecule has 0 radical (unpaired) electrons. The van der Waals surface area contributed by atoms with E-state index in [1.165, 1.54) is 19.3 Å². The largest absolute Gasteiger partial charge is 0.311 e. The van der Waals surface area contributed by atoms with E-state index < -0.39 is 0 Å². The zero-order valence-electron chi connectivity index (χ0n) is 10.2. The number of hydrogen-bond acceptors (Lipinski definition) is 3. The summed E-state index contributed by atoms with van der Waals surface area (Å²) in [7, 11) is 1.86. The molecule has 3 heterocycles. The van der Waals surface area contributed by atoms with Gasteiger partial charge in [0.25, 0.3) is 0 Å². The highest BCUT2D eigenvalue weighted by Crippen LogP contribution is 2.31. The van der Waals surface area contributed by atoms with Crippen LogP contribution in [0.15, 0.2) is 12.3 Å². The van der Waals surface area contributed by atoms with Crippen LogP contribution in [0.1, 0.15) is 42.6 Å². The molecule has 1 aromatic heterocycles. The predicted molar refractivity (Wildman–Crippen MR) is 64.8 cm³/mol. The highest BCUT2D eigenvalue weighted by atomic mass is 16.1. The molecule has 0 saturated carbocycles. The molecule has 0 aliphatic carbocycles. The first-order valence-corrected chi connectivity index (χ1v) is 6.52. The van der Waals surface area contributed by atoms with Crippen molar-refractivity contribution in [2.75, 3.05) is 0 Å². The number of aryl methyl sites for hydroxylation is 1. The van der Waals surface area contributed by atoms with Crippen molar-refractivity contribution in [2.24, 2.45) is 13.0 Å². The van der Waals surface area contributed by atoms with E-state index in [0.29, 0.717) is 17.8 Å². The van der Waals surface area contributed by atoms with Gasteiger partial charge in [-0.1, -0.05) is 6.42 Å². The fraction of sp³-hybridized carbons (Fsp3) is 0.692. The number of rotatable bonds is 2. The van der Waals surface area contributed by atoms with Crippen molar-refractivity contribution in [2.45, 2.75) is 44.2 Å². The Labute approximate surface area is 101 Å². The number of piperidine rings is 2. The molecule has 2 aliphatic heterocycles. The van der Waals surface area contributed by atoms with Gasteiger partial charge in [0.15, 0.2) is 5.78 Å². The van der Waals surface area contributed by atoms with Crippen LogP contribution >= 0.6 is 0 Å². The van der Waals surface area contributed by atoms with Crippen molar-refractivity contribution in [3.05, 3.63) is 18.0 Å². The summed E-state index contributed by atoms with van der Waals surface area (Å²) >= 11 is 0. The molecular formula is C13H19N3O. The number of fused-ring (bicyclic) bond motifs is 2. The third-order valence-corrected chi connectivity index (χ3v) is 4.05. The van der Waals surface area contributed by atoms with Crippen LogP contribution in [0, 0.1) is 5.92 Å². The minimum atomic E-state index is 0.182. The maximum absolute atomic E-state index is 12.3. The summed E-state index contributed by atoms with van der Waals surface area (Å²) < 4.78 is 1.70. The second-order valence-corrected chi connectivity index (χ2v) is 5.40. The van der Waals surface area contributed by atoms with Crippen molar-refractivity contribution in [3.63, 3.8) is 0 Å². The van der Waals surface area contributed by atoms with E-state index in [-0.39, 0.29) is 11.7 Å². The second-order valence-electron chi connectivity index (χ2n) is 5.40. The quantitative estimate of drug-likeness (QED) is 0.788. The summed E-state index contributed by atoms with van der Waals surface area (Å²) in [5.74, 6) is 0.422. The lowest BCUT2D eigenvalue weighted by Gasteiger charge is -2.39. The number of carbonyl (C=O) groups is 1. The van der Waals surface area contributed by atoms with Gasteiger partial charge in [0.1, 0.15) is 5.69 Å². The van der Waals surface area contributed by atoms with Crippen LogP contribution in [-0.4, -0.2) is 27.6 Å². The van der Waals surface area contributed by atoms with Gasteiger partial charge in [0.05, 0.1) is 0 Å². The monoisotopic (exact) mass is 233 g/mol. The van der Waals surface area contributed by atoms with Crippen LogP contribution < -0.4 is 5.32 Å². The summed E-state index contributed by atoms with van der Waals surface area (Å²) in [6.07, 6.45) is 7.59. The van der Waals surface area contributed by atoms with Gasteiger partial charge in [-0.2, -0.15) is 5.10 Å². The summed E-state index contributed by atoms with van der Waals surface area (Å²) in [4.78, 5) is 12.3. The Balaban J connectivity index is 1.74. The molecular weight excluding hydrogens is 214 g/mol. The Morgan fingerprint density at radius 3 is 2.71 bits per heavy atom. The van der Waals surface area contributed by atoms with E-state index in [0.717, 1.165) is 12.8 Å². The third-order valence-electron chi connectivity index (χ3n) is 4.05. The van der Waals surface area contributed by atoms with Gasteiger partial charge in [0, 0.05) is 31.2 Å². The average Bonchev–Trinajstić information content (AvgIpc) is 2.74. The average molecular weight is 233 g/mol. The Hall–Kier alpha value is -1.16. The van der Waals surface area contributed by atoms with E-state index in [1.54, 1.807) is 4.68 Å². The maximum atomic E-state index is 12.3. The predicted octanol–water partition coefficient (Wildman–Crippen LogP) is 1.52. The number of nitrogens with one attached hydrogen (secondary N) is 1. The Morgan fingerprint density at radius 2 is 2.12 bits per heavy atom. The molecule has 0 amide bonds. The lowest BCUT2D eigenvalue weighted by molar-refractivity contribution is 0.0819. The van der Waals surface area contributed by atoms with Crippen molar-refractivity contribution in [1.29, 1.82) is 0 Å². The van der Waals surface area contributed by atoms with E-state index in [4.69, 9.17) is 0 Å². The van der Waals surface area contributed by atoms with Gasteiger partial charge in [-0.15, -0.1) is 0 Å². The summed E-state index contributed by atoms with van der Waals surface area (Å²) in [6.45, 7) is 0. The fourth-order valence-corrected chi connectivity index (χ4v) is 3.24. The number of carbonyl (C=O) groups excluding carboxylic acids is 1. The second kappa shape index (κ2) is 4.26. The number of Topliss-reactive ketones (excluding diaryl/α,β-unsaturated/α-hetero) is 1. The molecule has 1 aromatic rings. The molecule has 2 fully saturated rings. The molecule has 2 bridgehead atoms. The van der Waals surface area contributed by atoms with Gasteiger partial charge < -0.3 is 5.32 Å². The van der Waals surface area contributed by atoms with Gasteiger partial charge >= 0.3 is 0 Å². The Bertz CT molecular complexity index is 414. The number of aromatic nitrogens is 2. The van der Waals surface area contributed by atoms with Crippen molar-refractivity contribution >= 4 is 5.78 Å². The number of nitrogens with zero attached hydrogens (tertiary/aromatic N) is 2. The minimum Gasteiger partial charge on any atom is -0.311 e. The van der Waals surface area contributed by atoms with Crippen molar-refractivity contribution in [1.82, 2.24) is 15.1 Å². The normalized spacial score (nSPS) is 32.4. The van der Waals surface area contributed by atoms with Crippen LogP contribution in [0.25, 0.3) is 0 Å². The molecule has 17 heavy (non-hydrogen) atoms. The van der Waals surface area contributed by atoms with Gasteiger partial charge in [-0.3, -0.25) is 9.48 Å². The SMILES string of the molecule is Cn1ccc(C(=O)C2CC3CCCC(C2)N3)n1. The molecule has 4 nitrogen and oxygen atoms in total. The van der Waals surface area contributed by atoms with Crippen LogP contribution in [0.4, 0.5) is 0 Å². The zero-order valence-corrected chi connectivity index (χ0v) is 10.2. The molecule has 3 rings (SSSR count). The lowest BCUT2D eigenvalue weighted by Crippen LogP contribution is -2.50. The van der Waals surface area contributed by atoms with Crippen molar-refractivity contribution in [3.8, 4) is 0 Å². The van der Waals surface area contributed by atoms with E-state index >= 15 is 0 Å². The van der Waals surface area contributed by atoms with Crippen LogP contribution in [0.3, 0.4) is 0 Å². The molecule has 2 atom stereocenters.